The first-order valence-corrected chi connectivity index (χ1v) is 35.2. The Balaban J connectivity index is 1.25. The van der Waals surface area contributed by atoms with E-state index in [2.05, 4.69) is 68.8 Å². The largest absolute Gasteiger partial charge is 0.480 e. The number of carboxylic acid groups (broad SMARTS) is 1. The van der Waals surface area contributed by atoms with E-state index in [9.17, 15) is 53.1 Å². The van der Waals surface area contributed by atoms with Gasteiger partial charge in [0.1, 0.15) is 66.5 Å². The molecule has 7 rings (SSSR count). The van der Waals surface area contributed by atoms with E-state index in [1.165, 1.54) is 11.8 Å². The van der Waals surface area contributed by atoms with Gasteiger partial charge >= 0.3 is 5.97 Å². The van der Waals surface area contributed by atoms with Gasteiger partial charge in [0.05, 0.1) is 6.42 Å². The minimum atomic E-state index is -1.93. The number of aromatic amines is 1. The van der Waals surface area contributed by atoms with Gasteiger partial charge in [-0.3, -0.25) is 73.2 Å². The number of likely N-dealkylation sites (tertiary alicyclic amines) is 1. The number of carbonyl (C=O) groups is 14. The average Bonchev–Trinajstić information content (AvgIpc) is 1.69. The Morgan fingerprint density at radius 1 is 0.698 bits per heavy atom. The summed E-state index contributed by atoms with van der Waals surface area (Å²) in [7, 11) is 0. The van der Waals surface area contributed by atoms with Crippen LogP contribution in [0.5, 0.6) is 0 Å². The first kappa shape index (κ1) is 82.0. The summed E-state index contributed by atoms with van der Waals surface area (Å²) < 4.78 is 0. The Kier molecular flexibility index (Phi) is 30.6. The zero-order valence-corrected chi connectivity index (χ0v) is 60.0. The standard InChI is InChI=1S/C71H94ClN19O15/c1-37(2)29-51(63(98)83-50(15-9-26-78-71(74)75)69(104)91-28-10-16-57(91)68(103)89-56(35-73)70(105)106)84-65(100)53(32-41-17-20-42-11-5-6-12-43(42)30-41)86-62(97)49-25-27-77-60(95)38(3)80-58(93)24-23-48(81-39(4)92)61(96)85-52(31-40-18-21-45(72)22-19-40)64(99)87-54(33-44-36-79-47-14-8-7-13-46(44)47)66(101)88-55(67(102)82-49)34-59(94)90-76/h5-8,11-14,17-22,30,36-38,48-57,79H,9-10,15-16,23-29,31-35,73,76H2,1-4H3,(H,77,95)(H,80,93)(H,81,92)(H,82,102)(H,83,98)(H,84,100)(H,85,96)(H,86,97)(H,87,99)(H,88,101)(H,89,103)(H,90,94)(H,105,106)(H4,74,75,78)/t38-,48+,49+,50+,51+,52-,53-,54-,55+,56+,57+/m1/s1. The number of rotatable bonds is 26. The van der Waals surface area contributed by atoms with Gasteiger partial charge in [-0.2, -0.15) is 0 Å². The lowest BCUT2D eigenvalue weighted by Crippen LogP contribution is -2.62. The number of nitrogens with one attached hydrogen (secondary N) is 15. The van der Waals surface area contributed by atoms with Crippen molar-refractivity contribution in [2.75, 3.05) is 26.2 Å². The molecule has 11 atom stereocenters. The number of para-hydroxylation sites is 1. The van der Waals surface area contributed by atoms with Gasteiger partial charge in [-0.15, -0.1) is 0 Å². The summed E-state index contributed by atoms with van der Waals surface area (Å²) >= 11 is 6.22. The zero-order valence-electron chi connectivity index (χ0n) is 59.2. The van der Waals surface area contributed by atoms with Crippen molar-refractivity contribution in [1.82, 2.24) is 79.1 Å². The molecule has 1 aromatic heterocycles. The van der Waals surface area contributed by atoms with Crippen LogP contribution in [0.25, 0.3) is 21.7 Å². The number of fused-ring (bicyclic) bond motifs is 2. The van der Waals surface area contributed by atoms with E-state index in [0.717, 1.165) is 17.7 Å². The molecule has 0 bridgehead atoms. The quantitative estimate of drug-likeness (QED) is 0.00705. The van der Waals surface area contributed by atoms with Crippen molar-refractivity contribution in [1.29, 1.82) is 5.41 Å². The fourth-order valence-corrected chi connectivity index (χ4v) is 12.5. The Morgan fingerprint density at radius 2 is 1.33 bits per heavy atom. The summed E-state index contributed by atoms with van der Waals surface area (Å²) in [4.78, 5) is 203. The Morgan fingerprint density at radius 3 is 2.01 bits per heavy atom. The summed E-state index contributed by atoms with van der Waals surface area (Å²) in [5, 5.41) is 51.2. The van der Waals surface area contributed by atoms with E-state index in [1.807, 2.05) is 23.6 Å². The van der Waals surface area contributed by atoms with Crippen molar-refractivity contribution >= 4 is 122 Å². The number of amides is 13. The van der Waals surface area contributed by atoms with Crippen LogP contribution in [0.4, 0.5) is 0 Å². The molecule has 570 valence electrons. The number of guanidine groups is 1. The van der Waals surface area contributed by atoms with Crippen molar-refractivity contribution in [3.8, 4) is 0 Å². The molecule has 106 heavy (non-hydrogen) atoms. The van der Waals surface area contributed by atoms with Gasteiger partial charge in [0.2, 0.25) is 76.8 Å². The van der Waals surface area contributed by atoms with Crippen molar-refractivity contribution in [3.05, 3.63) is 119 Å². The average molecular weight is 1490 g/mol. The van der Waals surface area contributed by atoms with E-state index in [0.29, 0.717) is 39.0 Å². The van der Waals surface area contributed by atoms with Gasteiger partial charge in [0.25, 0.3) is 0 Å². The van der Waals surface area contributed by atoms with E-state index >= 15 is 19.2 Å². The Hall–Kier alpha value is -11.3. The van der Waals surface area contributed by atoms with Crippen LogP contribution in [0.15, 0.2) is 97.2 Å². The number of halogens is 1. The molecule has 22 N–H and O–H groups in total. The third kappa shape index (κ3) is 24.4. The normalized spacial score (nSPS) is 20.5. The number of H-pyrrole nitrogens is 1. The maximum absolute atomic E-state index is 15.3. The predicted octanol–water partition coefficient (Wildman–Crippen LogP) is -2.09. The summed E-state index contributed by atoms with van der Waals surface area (Å²) in [6.45, 7) is 5.23. The lowest BCUT2D eigenvalue weighted by molar-refractivity contribution is -0.145. The predicted molar refractivity (Wildman–Crippen MR) is 389 cm³/mol. The molecule has 5 aromatic rings. The number of aliphatic carboxylic acids is 1. The maximum Gasteiger partial charge on any atom is 0.327 e. The molecule has 2 aliphatic heterocycles. The van der Waals surface area contributed by atoms with E-state index in [1.54, 1.807) is 92.8 Å². The third-order valence-electron chi connectivity index (χ3n) is 17.9. The number of nitrogens with zero attached hydrogens (tertiary/aromatic N) is 1. The molecular weight excluding hydrogens is 1390 g/mol. The van der Waals surface area contributed by atoms with Crippen molar-refractivity contribution in [3.63, 3.8) is 0 Å². The Labute approximate surface area is 615 Å². The highest BCUT2D eigenvalue weighted by molar-refractivity contribution is 6.30. The molecule has 2 aliphatic rings. The fourth-order valence-electron chi connectivity index (χ4n) is 12.4. The molecule has 0 aliphatic carbocycles. The van der Waals surface area contributed by atoms with E-state index < -0.39 is 182 Å². The summed E-state index contributed by atoms with van der Waals surface area (Å²) in [5.41, 5.74) is 15.2. The van der Waals surface area contributed by atoms with Crippen LogP contribution in [-0.4, -0.2) is 196 Å². The van der Waals surface area contributed by atoms with Crippen LogP contribution in [0.2, 0.25) is 5.02 Å². The maximum atomic E-state index is 15.3. The number of carboxylic acids is 1. The van der Waals surface area contributed by atoms with Crippen LogP contribution >= 0.6 is 11.6 Å². The van der Waals surface area contributed by atoms with Gasteiger partial charge in [-0.05, 0) is 103 Å². The zero-order chi connectivity index (χ0) is 77.3. The lowest BCUT2D eigenvalue weighted by Gasteiger charge is -2.31. The number of hydrogen-bond donors (Lipinski definition) is 19. The second-order valence-corrected chi connectivity index (χ2v) is 27.0. The molecule has 0 saturated carbocycles. The number of benzene rings is 4. The number of carbonyl (C=O) groups excluding carboxylic acids is 13. The van der Waals surface area contributed by atoms with Crippen LogP contribution < -0.4 is 86.5 Å². The van der Waals surface area contributed by atoms with Gasteiger partial charge in [-0.25, -0.2) is 10.6 Å². The molecule has 34 nitrogen and oxygen atoms in total. The molecule has 13 amide bonds. The molecule has 2 fully saturated rings. The molecule has 2 saturated heterocycles. The summed E-state index contributed by atoms with van der Waals surface area (Å²) in [6, 6.07) is 9.16. The van der Waals surface area contributed by atoms with Crippen molar-refractivity contribution in [2.24, 2.45) is 23.2 Å². The van der Waals surface area contributed by atoms with Crippen LogP contribution in [-0.2, 0) is 86.4 Å². The molecule has 0 radical (unpaired) electrons. The van der Waals surface area contributed by atoms with Crippen LogP contribution in [0.1, 0.15) is 102 Å². The molecule has 3 heterocycles. The summed E-state index contributed by atoms with van der Waals surface area (Å²) in [6.07, 6.45) is -0.903. The van der Waals surface area contributed by atoms with Crippen LogP contribution in [0, 0.1) is 11.3 Å². The first-order valence-electron chi connectivity index (χ1n) is 34.9. The fraction of sp³-hybridized carbons (Fsp3) is 0.451. The highest BCUT2D eigenvalue weighted by Gasteiger charge is 2.41. The highest BCUT2D eigenvalue weighted by Crippen LogP contribution is 2.24. The monoisotopic (exact) mass is 1490 g/mol. The van der Waals surface area contributed by atoms with E-state index in [4.69, 9.17) is 34.3 Å². The second-order valence-electron chi connectivity index (χ2n) is 26.6. The molecule has 0 spiro atoms. The molecular formula is C71H94ClN19O15. The van der Waals surface area contributed by atoms with Gasteiger partial charge in [0, 0.05) is 80.9 Å². The number of hydrazine groups is 1. The number of aromatic nitrogens is 1. The van der Waals surface area contributed by atoms with Crippen molar-refractivity contribution < 1.29 is 72.2 Å². The SMILES string of the molecule is CC(=O)N[C@H]1CCC(=O)N[C@H](C)C(=O)NCC[C@@H](C(=O)N[C@H](Cc2ccc3ccccc3c2)C(=O)N[C@@H](CC(C)C)C(=O)N[C@@H](CCCNC(=N)N)C(=O)N2CCC[C@H]2C(=O)N[C@@H](CN)C(=O)O)NC(=O)[C@H](CC(=O)NN)NC(=O)[C@@H](Cc2c[nH]c3ccccc23)NC(=O)[C@@H](Cc2ccc(Cl)cc2)NC1=O. The number of nitrogens with two attached hydrogens (primary N) is 3. The minimum absolute atomic E-state index is 0.0490. The van der Waals surface area contributed by atoms with Gasteiger partial charge in [0.15, 0.2) is 5.96 Å². The van der Waals surface area contributed by atoms with Gasteiger partial charge in [-0.1, -0.05) is 98.2 Å². The van der Waals surface area contributed by atoms with E-state index in [-0.39, 0.29) is 76.3 Å². The Bertz CT molecular complexity index is 4040. The lowest BCUT2D eigenvalue weighted by atomic mass is 9.98. The minimum Gasteiger partial charge on any atom is -0.480 e. The molecule has 35 heteroatoms. The molecule has 0 unspecified atom stereocenters. The number of hydrogen-bond acceptors (Lipinski definition) is 17. The third-order valence-corrected chi connectivity index (χ3v) is 18.2. The topological polar surface area (TPSA) is 537 Å². The highest BCUT2D eigenvalue weighted by atomic mass is 35.5. The second kappa shape index (κ2) is 39.6. The van der Waals surface area contributed by atoms with Crippen molar-refractivity contribution in [2.45, 2.75) is 171 Å². The summed E-state index contributed by atoms with van der Waals surface area (Å²) in [5.74, 6) is -8.26. The first-order chi connectivity index (χ1) is 50.5. The smallest absolute Gasteiger partial charge is 0.327 e. The van der Waals surface area contributed by atoms with Crippen LogP contribution in [0.3, 0.4) is 0 Å². The van der Waals surface area contributed by atoms with Gasteiger partial charge < -0.3 is 90.3 Å². The molecule has 4 aromatic carbocycles.